The van der Waals surface area contributed by atoms with E-state index in [0.717, 1.165) is 42.8 Å². The second-order valence-electron chi connectivity index (χ2n) is 6.02. The molecule has 0 amide bonds. The molecule has 1 aliphatic heterocycles. The molecule has 1 fully saturated rings. The van der Waals surface area contributed by atoms with E-state index in [0.29, 0.717) is 6.54 Å². The molecule has 0 bridgehead atoms. The molecule has 23 heavy (non-hydrogen) atoms. The molecule has 0 radical (unpaired) electrons. The average Bonchev–Trinajstić information content (AvgIpc) is 2.49. The highest BCUT2D eigenvalue weighted by Gasteiger charge is 2.16. The number of benzene rings is 1. The number of alkyl halides is 2. The smallest absolute Gasteiger partial charge is 0.387 e. The van der Waals surface area contributed by atoms with Crippen LogP contribution in [0.15, 0.2) is 22.7 Å². The van der Waals surface area contributed by atoms with E-state index < -0.39 is 6.61 Å². The molecule has 1 N–H and O–H groups in total. The maximum Gasteiger partial charge on any atom is 0.387 e. The molecule has 1 unspecified atom stereocenters. The SMILES string of the molecule is CC(CN1CCN(C)CC1)NCc1cc(Br)ccc1OC(F)F. The molecule has 0 aliphatic carbocycles. The van der Waals surface area contributed by atoms with Crippen LogP contribution < -0.4 is 10.1 Å². The fourth-order valence-corrected chi connectivity index (χ4v) is 3.07. The highest BCUT2D eigenvalue weighted by Crippen LogP contribution is 2.24. The third-order valence-electron chi connectivity index (χ3n) is 4.01. The Hall–Kier alpha value is -0.760. The summed E-state index contributed by atoms with van der Waals surface area (Å²) in [6, 6.07) is 5.36. The normalized spacial score (nSPS) is 18.3. The predicted molar refractivity (Wildman–Crippen MR) is 91.0 cm³/mol. The lowest BCUT2D eigenvalue weighted by molar-refractivity contribution is -0.0505. The lowest BCUT2D eigenvalue weighted by Gasteiger charge is -2.34. The fraction of sp³-hybridized carbons (Fsp3) is 0.625. The minimum atomic E-state index is -2.81. The molecule has 1 aromatic carbocycles. The van der Waals surface area contributed by atoms with E-state index in [-0.39, 0.29) is 11.8 Å². The molecule has 1 saturated heterocycles. The number of halogens is 3. The average molecular weight is 392 g/mol. The fourth-order valence-electron chi connectivity index (χ4n) is 2.66. The molecule has 0 spiro atoms. The largest absolute Gasteiger partial charge is 0.434 e. The van der Waals surface area contributed by atoms with E-state index in [1.807, 2.05) is 6.07 Å². The van der Waals surface area contributed by atoms with Crippen LogP contribution in [-0.4, -0.2) is 62.2 Å². The number of hydrogen-bond donors (Lipinski definition) is 1. The molecule has 0 saturated carbocycles. The van der Waals surface area contributed by atoms with Crippen LogP contribution in [0.3, 0.4) is 0 Å². The Bertz CT molecular complexity index is 496. The summed E-state index contributed by atoms with van der Waals surface area (Å²) in [5, 5.41) is 3.40. The first-order valence-corrected chi connectivity index (χ1v) is 8.61. The van der Waals surface area contributed by atoms with Crippen molar-refractivity contribution in [2.24, 2.45) is 0 Å². The summed E-state index contributed by atoms with van der Waals surface area (Å²) in [6.07, 6.45) is 0. The van der Waals surface area contributed by atoms with Crippen LogP contribution in [0.4, 0.5) is 8.78 Å². The van der Waals surface area contributed by atoms with Crippen molar-refractivity contribution < 1.29 is 13.5 Å². The summed E-state index contributed by atoms with van der Waals surface area (Å²) in [4.78, 5) is 4.75. The summed E-state index contributed by atoms with van der Waals surface area (Å²) >= 11 is 3.37. The molecule has 0 aromatic heterocycles. The van der Waals surface area contributed by atoms with Gasteiger partial charge in [0.25, 0.3) is 0 Å². The third-order valence-corrected chi connectivity index (χ3v) is 4.50. The van der Waals surface area contributed by atoms with Crippen LogP contribution in [0.25, 0.3) is 0 Å². The van der Waals surface area contributed by atoms with E-state index in [2.05, 4.69) is 49.8 Å². The van der Waals surface area contributed by atoms with Gasteiger partial charge in [-0.2, -0.15) is 8.78 Å². The monoisotopic (exact) mass is 391 g/mol. The number of nitrogens with one attached hydrogen (secondary N) is 1. The maximum absolute atomic E-state index is 12.5. The zero-order valence-corrected chi connectivity index (χ0v) is 15.2. The first-order chi connectivity index (χ1) is 10.9. The van der Waals surface area contributed by atoms with Gasteiger partial charge in [0, 0.05) is 55.3 Å². The van der Waals surface area contributed by atoms with Crippen molar-refractivity contribution in [1.82, 2.24) is 15.1 Å². The lowest BCUT2D eigenvalue weighted by Crippen LogP contribution is -2.48. The van der Waals surface area contributed by atoms with Gasteiger partial charge in [-0.15, -0.1) is 0 Å². The Morgan fingerprint density at radius 3 is 2.61 bits per heavy atom. The van der Waals surface area contributed by atoms with Gasteiger partial charge in [-0.25, -0.2) is 0 Å². The van der Waals surface area contributed by atoms with Crippen LogP contribution in [0.1, 0.15) is 12.5 Å². The van der Waals surface area contributed by atoms with Crippen LogP contribution in [0.2, 0.25) is 0 Å². The third kappa shape index (κ3) is 6.33. The summed E-state index contributed by atoms with van der Waals surface area (Å²) in [7, 11) is 2.14. The number of rotatable bonds is 7. The van der Waals surface area contributed by atoms with Crippen molar-refractivity contribution >= 4 is 15.9 Å². The first-order valence-electron chi connectivity index (χ1n) is 7.81. The van der Waals surface area contributed by atoms with Gasteiger partial charge in [0.2, 0.25) is 0 Å². The summed E-state index contributed by atoms with van der Waals surface area (Å²) in [5.41, 5.74) is 0.727. The van der Waals surface area contributed by atoms with Gasteiger partial charge in [0.05, 0.1) is 0 Å². The molecule has 7 heteroatoms. The van der Waals surface area contributed by atoms with E-state index >= 15 is 0 Å². The molecule has 130 valence electrons. The Kier molecular flexibility index (Phi) is 7.20. The van der Waals surface area contributed by atoms with Crippen molar-refractivity contribution in [3.63, 3.8) is 0 Å². The Balaban J connectivity index is 1.85. The molecule has 1 atom stereocenters. The number of likely N-dealkylation sites (N-methyl/N-ethyl adjacent to an activating group) is 1. The number of ether oxygens (including phenoxy) is 1. The highest BCUT2D eigenvalue weighted by molar-refractivity contribution is 9.10. The molecule has 1 heterocycles. The van der Waals surface area contributed by atoms with Crippen molar-refractivity contribution in [2.45, 2.75) is 26.1 Å². The molecular formula is C16H24BrF2N3O. The van der Waals surface area contributed by atoms with Gasteiger partial charge in [-0.05, 0) is 32.2 Å². The summed E-state index contributed by atoms with van der Waals surface area (Å²) < 4.78 is 30.4. The first kappa shape index (κ1) is 18.6. The van der Waals surface area contributed by atoms with Gasteiger partial charge >= 0.3 is 6.61 Å². The second-order valence-corrected chi connectivity index (χ2v) is 6.93. The van der Waals surface area contributed by atoms with Crippen molar-refractivity contribution in [2.75, 3.05) is 39.8 Å². The number of nitrogens with zero attached hydrogens (tertiary/aromatic N) is 2. The Morgan fingerprint density at radius 2 is 1.96 bits per heavy atom. The van der Waals surface area contributed by atoms with E-state index in [4.69, 9.17) is 0 Å². The van der Waals surface area contributed by atoms with Gasteiger partial charge in [-0.1, -0.05) is 15.9 Å². The van der Waals surface area contributed by atoms with Gasteiger partial charge in [0.15, 0.2) is 0 Å². The zero-order valence-electron chi connectivity index (χ0n) is 13.6. The zero-order chi connectivity index (χ0) is 16.8. The molecule has 4 nitrogen and oxygen atoms in total. The Labute approximate surface area is 144 Å². The van der Waals surface area contributed by atoms with E-state index in [1.54, 1.807) is 12.1 Å². The van der Waals surface area contributed by atoms with Crippen LogP contribution in [0.5, 0.6) is 5.75 Å². The second kappa shape index (κ2) is 8.92. The highest BCUT2D eigenvalue weighted by atomic mass is 79.9. The molecule has 1 aliphatic rings. The van der Waals surface area contributed by atoms with Crippen molar-refractivity contribution in [3.05, 3.63) is 28.2 Å². The van der Waals surface area contributed by atoms with Gasteiger partial charge in [-0.3, -0.25) is 4.90 Å². The van der Waals surface area contributed by atoms with Gasteiger partial charge in [0.1, 0.15) is 5.75 Å². The Morgan fingerprint density at radius 1 is 1.26 bits per heavy atom. The molecular weight excluding hydrogens is 368 g/mol. The van der Waals surface area contributed by atoms with Crippen LogP contribution >= 0.6 is 15.9 Å². The maximum atomic E-state index is 12.5. The standard InChI is InChI=1S/C16H24BrF2N3O/c1-12(11-22-7-5-21(2)6-8-22)20-10-13-9-14(17)3-4-15(13)23-16(18)19/h3-4,9,12,16,20H,5-8,10-11H2,1-2H3. The molecule has 1 aromatic rings. The number of piperazine rings is 1. The number of hydrogen-bond acceptors (Lipinski definition) is 4. The van der Waals surface area contributed by atoms with Crippen molar-refractivity contribution in [3.8, 4) is 5.75 Å². The molecule has 2 rings (SSSR count). The minimum absolute atomic E-state index is 0.225. The minimum Gasteiger partial charge on any atom is -0.434 e. The van der Waals surface area contributed by atoms with Crippen LogP contribution in [0, 0.1) is 0 Å². The van der Waals surface area contributed by atoms with Crippen LogP contribution in [-0.2, 0) is 6.54 Å². The van der Waals surface area contributed by atoms with Crippen molar-refractivity contribution in [1.29, 1.82) is 0 Å². The van der Waals surface area contributed by atoms with E-state index in [1.165, 1.54) is 0 Å². The summed E-state index contributed by atoms with van der Waals surface area (Å²) in [5.74, 6) is 0.225. The van der Waals surface area contributed by atoms with E-state index in [9.17, 15) is 8.78 Å². The van der Waals surface area contributed by atoms with Gasteiger partial charge < -0.3 is 15.0 Å². The predicted octanol–water partition coefficient (Wildman–Crippen LogP) is 2.78. The topological polar surface area (TPSA) is 27.7 Å². The quantitative estimate of drug-likeness (QED) is 0.773. The summed E-state index contributed by atoms with van der Waals surface area (Å²) in [6.45, 7) is 5.07. The lowest BCUT2D eigenvalue weighted by atomic mass is 10.2.